The van der Waals surface area contributed by atoms with Crippen molar-refractivity contribution in [3.05, 3.63) is 0 Å². The first kappa shape index (κ1) is 15.7. The first-order valence-electron chi connectivity index (χ1n) is 5.88. The molecule has 0 saturated carbocycles. The molecular formula is C12H25ClN2O. The number of piperidine rings is 1. The van der Waals surface area contributed by atoms with Gasteiger partial charge in [0, 0.05) is 13.6 Å². The largest absolute Gasteiger partial charge is 0.344 e. The van der Waals surface area contributed by atoms with Gasteiger partial charge in [-0.25, -0.2) is 0 Å². The molecule has 1 saturated heterocycles. The molecule has 96 valence electrons. The van der Waals surface area contributed by atoms with Crippen molar-refractivity contribution in [1.82, 2.24) is 10.2 Å². The van der Waals surface area contributed by atoms with Gasteiger partial charge < -0.3 is 10.2 Å². The summed E-state index contributed by atoms with van der Waals surface area (Å²) in [6, 6.07) is 0.0612. The fraction of sp³-hybridized carbons (Fsp3) is 0.917. The summed E-state index contributed by atoms with van der Waals surface area (Å²) in [4.78, 5) is 13.9. The Bertz CT molecular complexity index is 220. The third-order valence-corrected chi connectivity index (χ3v) is 2.70. The molecule has 0 aromatic heterocycles. The Hall–Kier alpha value is -0.280. The topological polar surface area (TPSA) is 32.3 Å². The number of nitrogens with zero attached hydrogens (tertiary/aromatic N) is 1. The molecule has 1 aliphatic heterocycles. The molecule has 0 aromatic rings. The van der Waals surface area contributed by atoms with Crippen LogP contribution in [0.3, 0.4) is 0 Å². The number of halogens is 1. The molecular weight excluding hydrogens is 224 g/mol. The molecule has 16 heavy (non-hydrogen) atoms. The van der Waals surface area contributed by atoms with E-state index in [0.29, 0.717) is 0 Å². The second-order valence-electron chi connectivity index (χ2n) is 5.76. The Morgan fingerprint density at radius 2 is 2.00 bits per heavy atom. The van der Waals surface area contributed by atoms with Crippen molar-refractivity contribution >= 4 is 18.3 Å². The molecule has 1 fully saturated rings. The number of carbonyl (C=O) groups is 1. The summed E-state index contributed by atoms with van der Waals surface area (Å²) in [5.74, 6) is 0.254. The second-order valence-corrected chi connectivity index (χ2v) is 5.76. The molecule has 0 bridgehead atoms. The van der Waals surface area contributed by atoms with Crippen LogP contribution in [0.4, 0.5) is 0 Å². The van der Waals surface area contributed by atoms with Crippen LogP contribution in [0.25, 0.3) is 0 Å². The van der Waals surface area contributed by atoms with Gasteiger partial charge in [-0.2, -0.15) is 0 Å². The van der Waals surface area contributed by atoms with Crippen LogP contribution in [0.15, 0.2) is 0 Å². The van der Waals surface area contributed by atoms with E-state index in [1.165, 1.54) is 12.8 Å². The molecule has 1 aliphatic rings. The summed E-state index contributed by atoms with van der Waals surface area (Å²) in [6.07, 6.45) is 3.37. The molecule has 0 unspecified atom stereocenters. The minimum absolute atomic E-state index is 0. The van der Waals surface area contributed by atoms with E-state index in [2.05, 4.69) is 26.1 Å². The van der Waals surface area contributed by atoms with Crippen molar-refractivity contribution in [2.24, 2.45) is 5.41 Å². The minimum Gasteiger partial charge on any atom is -0.344 e. The summed E-state index contributed by atoms with van der Waals surface area (Å²) in [6.45, 7) is 8.28. The molecule has 1 N–H and O–H groups in total. The predicted octanol–water partition coefficient (Wildman–Crippen LogP) is 2.05. The third-order valence-electron chi connectivity index (χ3n) is 2.70. The van der Waals surface area contributed by atoms with Crippen LogP contribution in [-0.4, -0.2) is 37.0 Å². The zero-order valence-electron chi connectivity index (χ0n) is 10.9. The number of hydrogen-bond donors (Lipinski definition) is 1. The maximum atomic E-state index is 12.0. The number of hydrogen-bond acceptors (Lipinski definition) is 2. The van der Waals surface area contributed by atoms with Crippen LogP contribution < -0.4 is 5.32 Å². The number of rotatable bonds is 2. The van der Waals surface area contributed by atoms with Crippen molar-refractivity contribution in [2.45, 2.75) is 46.1 Å². The predicted molar refractivity (Wildman–Crippen MR) is 70.0 cm³/mol. The lowest BCUT2D eigenvalue weighted by atomic mass is 9.95. The van der Waals surface area contributed by atoms with Crippen molar-refractivity contribution < 1.29 is 4.79 Å². The molecule has 0 spiro atoms. The van der Waals surface area contributed by atoms with E-state index in [0.717, 1.165) is 19.5 Å². The van der Waals surface area contributed by atoms with Crippen LogP contribution in [0.5, 0.6) is 0 Å². The van der Waals surface area contributed by atoms with Crippen molar-refractivity contribution in [3.8, 4) is 0 Å². The van der Waals surface area contributed by atoms with Crippen LogP contribution in [0, 0.1) is 5.41 Å². The highest BCUT2D eigenvalue weighted by molar-refractivity contribution is 5.85. The van der Waals surface area contributed by atoms with Crippen LogP contribution >= 0.6 is 12.4 Å². The molecule has 0 radical (unpaired) electrons. The Morgan fingerprint density at radius 3 is 2.44 bits per heavy atom. The average molecular weight is 249 g/mol. The van der Waals surface area contributed by atoms with Gasteiger partial charge in [-0.05, 0) is 24.8 Å². The van der Waals surface area contributed by atoms with E-state index < -0.39 is 0 Å². The maximum absolute atomic E-state index is 12.0. The third kappa shape index (κ3) is 5.17. The van der Waals surface area contributed by atoms with E-state index in [-0.39, 0.29) is 29.8 Å². The van der Waals surface area contributed by atoms with Gasteiger partial charge >= 0.3 is 0 Å². The van der Waals surface area contributed by atoms with E-state index in [9.17, 15) is 4.79 Å². The number of likely N-dealkylation sites (N-methyl/N-ethyl adjacent to an activating group) is 1. The Balaban J connectivity index is 0.00000225. The smallest absolute Gasteiger partial charge is 0.239 e. The zero-order chi connectivity index (χ0) is 11.5. The second kappa shape index (κ2) is 6.45. The molecule has 0 aromatic carbocycles. The van der Waals surface area contributed by atoms with E-state index in [4.69, 9.17) is 0 Å². The quantitative estimate of drug-likeness (QED) is 0.811. The van der Waals surface area contributed by atoms with Gasteiger partial charge in [0.2, 0.25) is 5.91 Å². The lowest BCUT2D eigenvalue weighted by molar-refractivity contribution is -0.133. The summed E-state index contributed by atoms with van der Waals surface area (Å²) < 4.78 is 0. The average Bonchev–Trinajstić information content (AvgIpc) is 2.15. The summed E-state index contributed by atoms with van der Waals surface area (Å²) in [7, 11) is 1.91. The monoisotopic (exact) mass is 248 g/mol. The zero-order valence-corrected chi connectivity index (χ0v) is 11.7. The van der Waals surface area contributed by atoms with Crippen LogP contribution in [-0.2, 0) is 4.79 Å². The van der Waals surface area contributed by atoms with Gasteiger partial charge in [-0.15, -0.1) is 12.4 Å². The first-order chi connectivity index (χ1) is 6.90. The summed E-state index contributed by atoms with van der Waals surface area (Å²) >= 11 is 0. The Labute approximate surface area is 105 Å². The summed E-state index contributed by atoms with van der Waals surface area (Å²) in [5.41, 5.74) is 0.180. The molecule has 1 rings (SSSR count). The number of carbonyl (C=O) groups excluding carboxylic acids is 1. The van der Waals surface area contributed by atoms with Crippen molar-refractivity contribution in [3.63, 3.8) is 0 Å². The minimum atomic E-state index is 0. The van der Waals surface area contributed by atoms with E-state index in [1.54, 1.807) is 0 Å². The standard InChI is InChI=1S/C12H24N2O.ClH/c1-12(2,3)9-14(4)11(15)10-7-5-6-8-13-10;/h10,13H,5-9H2,1-4H3;1H/t10-;/m0./s1. The number of nitrogens with one attached hydrogen (secondary N) is 1. The molecule has 0 aliphatic carbocycles. The van der Waals surface area contributed by atoms with Gasteiger partial charge in [0.05, 0.1) is 6.04 Å². The highest BCUT2D eigenvalue weighted by atomic mass is 35.5. The summed E-state index contributed by atoms with van der Waals surface area (Å²) in [5, 5.41) is 3.29. The van der Waals surface area contributed by atoms with Crippen LogP contribution in [0.2, 0.25) is 0 Å². The SMILES string of the molecule is CN(CC(C)(C)C)C(=O)[C@@H]1CCCCN1.Cl. The Morgan fingerprint density at radius 1 is 1.38 bits per heavy atom. The lowest BCUT2D eigenvalue weighted by Crippen LogP contribution is -2.48. The van der Waals surface area contributed by atoms with E-state index >= 15 is 0 Å². The molecule has 4 heteroatoms. The fourth-order valence-corrected chi connectivity index (χ4v) is 2.12. The Kier molecular flexibility index (Phi) is 6.34. The highest BCUT2D eigenvalue weighted by Gasteiger charge is 2.25. The molecule has 1 atom stereocenters. The van der Waals surface area contributed by atoms with Gasteiger partial charge in [0.1, 0.15) is 0 Å². The maximum Gasteiger partial charge on any atom is 0.239 e. The first-order valence-corrected chi connectivity index (χ1v) is 5.88. The molecule has 3 nitrogen and oxygen atoms in total. The fourth-order valence-electron chi connectivity index (χ4n) is 2.12. The normalized spacial score (nSPS) is 21.1. The van der Waals surface area contributed by atoms with Crippen molar-refractivity contribution in [2.75, 3.05) is 20.1 Å². The van der Waals surface area contributed by atoms with Gasteiger partial charge in [0.25, 0.3) is 0 Å². The van der Waals surface area contributed by atoms with E-state index in [1.807, 2.05) is 11.9 Å². The molecule has 1 amide bonds. The highest BCUT2D eigenvalue weighted by Crippen LogP contribution is 2.16. The van der Waals surface area contributed by atoms with Gasteiger partial charge in [0.15, 0.2) is 0 Å². The number of amides is 1. The molecule has 1 heterocycles. The lowest BCUT2D eigenvalue weighted by Gasteiger charge is -2.31. The van der Waals surface area contributed by atoms with Crippen molar-refractivity contribution in [1.29, 1.82) is 0 Å². The van der Waals surface area contributed by atoms with Gasteiger partial charge in [-0.1, -0.05) is 27.2 Å². The van der Waals surface area contributed by atoms with Gasteiger partial charge in [-0.3, -0.25) is 4.79 Å². The van der Waals surface area contributed by atoms with Crippen LogP contribution in [0.1, 0.15) is 40.0 Å².